The molecule has 0 aliphatic carbocycles. The van der Waals surface area contributed by atoms with Gasteiger partial charge >= 0.3 is 5.97 Å². The number of carbonyl (C=O) groups excluding carboxylic acids is 1. The van der Waals surface area contributed by atoms with Crippen LogP contribution in [0.25, 0.3) is 5.65 Å². The molecule has 4 nitrogen and oxygen atoms in total. The molecule has 0 aliphatic heterocycles. The largest absolute Gasteiger partial charge is 0.466 e. The molecular weight excluding hydrogens is 216 g/mol. The molecule has 0 unspecified atom stereocenters. The molecule has 0 aliphatic rings. The molecule has 0 saturated heterocycles. The van der Waals surface area contributed by atoms with Crippen LogP contribution >= 0.6 is 0 Å². The number of imidazole rings is 1. The molecule has 90 valence electrons. The van der Waals surface area contributed by atoms with Crippen molar-refractivity contribution in [3.63, 3.8) is 0 Å². The van der Waals surface area contributed by atoms with Gasteiger partial charge in [0.15, 0.2) is 0 Å². The van der Waals surface area contributed by atoms with Gasteiger partial charge in [-0.05, 0) is 25.0 Å². The lowest BCUT2D eigenvalue weighted by molar-refractivity contribution is -0.142. The normalized spacial score (nSPS) is 10.7. The molecule has 0 N–H and O–H groups in total. The number of esters is 1. The Kier molecular flexibility index (Phi) is 3.42. The molecular formula is C13H16N2O2. The van der Waals surface area contributed by atoms with Gasteiger partial charge in [0.2, 0.25) is 0 Å². The van der Waals surface area contributed by atoms with Gasteiger partial charge in [-0.2, -0.15) is 0 Å². The molecule has 0 bridgehead atoms. The van der Waals surface area contributed by atoms with Crippen LogP contribution in [0, 0.1) is 0 Å². The first-order valence-corrected chi connectivity index (χ1v) is 5.85. The average molecular weight is 232 g/mol. The number of pyridine rings is 1. The lowest BCUT2D eigenvalue weighted by atomic mass is 10.2. The van der Waals surface area contributed by atoms with Crippen molar-refractivity contribution in [1.82, 2.24) is 9.38 Å². The Morgan fingerprint density at radius 1 is 1.35 bits per heavy atom. The zero-order chi connectivity index (χ0) is 12.3. The van der Waals surface area contributed by atoms with Crippen LogP contribution < -0.4 is 0 Å². The summed E-state index contributed by atoms with van der Waals surface area (Å²) in [6.45, 7) is 4.32. The zero-order valence-corrected chi connectivity index (χ0v) is 10.1. The number of fused-ring (bicyclic) bond motifs is 1. The van der Waals surface area contributed by atoms with Gasteiger partial charge in [-0.25, -0.2) is 4.98 Å². The van der Waals surface area contributed by atoms with E-state index in [0.717, 1.165) is 17.8 Å². The molecule has 2 heterocycles. The van der Waals surface area contributed by atoms with Gasteiger partial charge in [0.05, 0.1) is 18.7 Å². The Morgan fingerprint density at radius 3 is 2.88 bits per heavy atom. The van der Waals surface area contributed by atoms with Crippen LogP contribution in [-0.2, 0) is 22.4 Å². The van der Waals surface area contributed by atoms with Crippen LogP contribution in [-0.4, -0.2) is 22.0 Å². The first kappa shape index (κ1) is 11.6. The van der Waals surface area contributed by atoms with Crippen molar-refractivity contribution in [2.24, 2.45) is 0 Å². The van der Waals surface area contributed by atoms with Crippen molar-refractivity contribution in [3.8, 4) is 0 Å². The molecule has 0 spiro atoms. The van der Waals surface area contributed by atoms with Gasteiger partial charge in [-0.1, -0.05) is 13.0 Å². The summed E-state index contributed by atoms with van der Waals surface area (Å²) in [6, 6.07) is 4.02. The minimum absolute atomic E-state index is 0.230. The van der Waals surface area contributed by atoms with E-state index in [1.807, 2.05) is 22.9 Å². The Labute approximate surface area is 100 Å². The number of hydrogen-bond donors (Lipinski definition) is 0. The fourth-order valence-electron chi connectivity index (χ4n) is 1.74. The molecule has 0 atom stereocenters. The maximum absolute atomic E-state index is 11.3. The van der Waals surface area contributed by atoms with Crippen LogP contribution in [0.1, 0.15) is 25.1 Å². The third-order valence-electron chi connectivity index (χ3n) is 2.60. The van der Waals surface area contributed by atoms with E-state index in [9.17, 15) is 4.79 Å². The second kappa shape index (κ2) is 4.99. The smallest absolute Gasteiger partial charge is 0.311 e. The summed E-state index contributed by atoms with van der Waals surface area (Å²) in [4.78, 5) is 15.7. The summed E-state index contributed by atoms with van der Waals surface area (Å²) in [6.07, 6.45) is 5.14. The first-order chi connectivity index (χ1) is 8.22. The molecule has 0 fully saturated rings. The maximum Gasteiger partial charge on any atom is 0.311 e. The van der Waals surface area contributed by atoms with E-state index in [-0.39, 0.29) is 12.4 Å². The zero-order valence-electron chi connectivity index (χ0n) is 10.1. The molecule has 4 heteroatoms. The molecule has 17 heavy (non-hydrogen) atoms. The van der Waals surface area contributed by atoms with Crippen molar-refractivity contribution >= 4 is 11.6 Å². The van der Waals surface area contributed by atoms with Crippen LogP contribution in [0.5, 0.6) is 0 Å². The van der Waals surface area contributed by atoms with E-state index in [0.29, 0.717) is 6.61 Å². The minimum Gasteiger partial charge on any atom is -0.466 e. The fourth-order valence-corrected chi connectivity index (χ4v) is 1.74. The number of aromatic nitrogens is 2. The predicted molar refractivity (Wildman–Crippen MR) is 64.9 cm³/mol. The number of hydrogen-bond acceptors (Lipinski definition) is 3. The molecule has 2 aromatic heterocycles. The van der Waals surface area contributed by atoms with Crippen LogP contribution in [0.15, 0.2) is 24.5 Å². The molecule has 2 rings (SSSR count). The van der Waals surface area contributed by atoms with Crippen molar-refractivity contribution in [2.75, 3.05) is 6.61 Å². The topological polar surface area (TPSA) is 43.6 Å². The highest BCUT2D eigenvalue weighted by molar-refractivity contribution is 5.72. The number of nitrogens with zero attached hydrogens (tertiary/aromatic N) is 2. The second-order valence-corrected chi connectivity index (χ2v) is 3.87. The van der Waals surface area contributed by atoms with Gasteiger partial charge in [-0.15, -0.1) is 0 Å². The number of rotatable bonds is 4. The van der Waals surface area contributed by atoms with Gasteiger partial charge < -0.3 is 9.14 Å². The number of aryl methyl sites for hydroxylation is 1. The van der Waals surface area contributed by atoms with E-state index in [1.54, 1.807) is 6.92 Å². The predicted octanol–water partition coefficient (Wildman–Crippen LogP) is 2.00. The van der Waals surface area contributed by atoms with Crippen molar-refractivity contribution in [3.05, 3.63) is 35.8 Å². The first-order valence-electron chi connectivity index (χ1n) is 5.85. The average Bonchev–Trinajstić information content (AvgIpc) is 2.69. The summed E-state index contributed by atoms with van der Waals surface area (Å²) in [5.74, 6) is -0.230. The number of ether oxygens (including phenoxy) is 1. The summed E-state index contributed by atoms with van der Waals surface area (Å²) in [5.41, 5.74) is 2.86. The quantitative estimate of drug-likeness (QED) is 0.757. The van der Waals surface area contributed by atoms with E-state index in [4.69, 9.17) is 4.74 Å². The van der Waals surface area contributed by atoms with Crippen LogP contribution in [0.4, 0.5) is 0 Å². The van der Waals surface area contributed by atoms with Gasteiger partial charge in [0.25, 0.3) is 0 Å². The summed E-state index contributed by atoms with van der Waals surface area (Å²) in [7, 11) is 0. The Morgan fingerprint density at radius 2 is 2.18 bits per heavy atom. The Hall–Kier alpha value is -1.84. The third kappa shape index (κ3) is 2.64. The Balaban J connectivity index is 2.22. The third-order valence-corrected chi connectivity index (χ3v) is 2.60. The monoisotopic (exact) mass is 232 g/mol. The standard InChI is InChI=1S/C13H16N2O2/c1-3-10-5-6-12-14-11(9-15(12)8-10)7-13(16)17-4-2/h5-6,8-9H,3-4,7H2,1-2H3. The number of carbonyl (C=O) groups is 1. The maximum atomic E-state index is 11.3. The van der Waals surface area contributed by atoms with Crippen molar-refractivity contribution in [2.45, 2.75) is 26.7 Å². The second-order valence-electron chi connectivity index (χ2n) is 3.87. The van der Waals surface area contributed by atoms with Gasteiger partial charge in [-0.3, -0.25) is 4.79 Å². The van der Waals surface area contributed by atoms with Gasteiger partial charge in [0, 0.05) is 12.4 Å². The Bertz CT molecular complexity index is 531. The van der Waals surface area contributed by atoms with E-state index in [1.165, 1.54) is 5.56 Å². The molecule has 2 aromatic rings. The van der Waals surface area contributed by atoms with Crippen LogP contribution in [0.2, 0.25) is 0 Å². The van der Waals surface area contributed by atoms with Crippen molar-refractivity contribution in [1.29, 1.82) is 0 Å². The SMILES string of the molecule is CCOC(=O)Cc1cn2cc(CC)ccc2n1. The lowest BCUT2D eigenvalue weighted by Crippen LogP contribution is -2.07. The molecule has 0 aromatic carbocycles. The van der Waals surface area contributed by atoms with E-state index < -0.39 is 0 Å². The summed E-state index contributed by atoms with van der Waals surface area (Å²) in [5, 5.41) is 0. The molecule has 0 amide bonds. The highest BCUT2D eigenvalue weighted by Crippen LogP contribution is 2.09. The highest BCUT2D eigenvalue weighted by atomic mass is 16.5. The van der Waals surface area contributed by atoms with E-state index in [2.05, 4.69) is 18.0 Å². The summed E-state index contributed by atoms with van der Waals surface area (Å²) >= 11 is 0. The minimum atomic E-state index is -0.230. The van der Waals surface area contributed by atoms with Crippen LogP contribution in [0.3, 0.4) is 0 Å². The lowest BCUT2D eigenvalue weighted by Gasteiger charge is -1.97. The molecule has 0 saturated carbocycles. The van der Waals surface area contributed by atoms with E-state index >= 15 is 0 Å². The van der Waals surface area contributed by atoms with Gasteiger partial charge in [0.1, 0.15) is 5.65 Å². The highest BCUT2D eigenvalue weighted by Gasteiger charge is 2.08. The summed E-state index contributed by atoms with van der Waals surface area (Å²) < 4.78 is 6.85. The fraction of sp³-hybridized carbons (Fsp3) is 0.385. The van der Waals surface area contributed by atoms with Crippen molar-refractivity contribution < 1.29 is 9.53 Å². The molecule has 0 radical (unpaired) electrons.